The van der Waals surface area contributed by atoms with E-state index in [4.69, 9.17) is 0 Å². The lowest BCUT2D eigenvalue weighted by atomic mass is 10.2. The summed E-state index contributed by atoms with van der Waals surface area (Å²) in [6.45, 7) is 1.60. The van der Waals surface area contributed by atoms with Crippen LogP contribution in [0.25, 0.3) is 10.2 Å². The zero-order valence-electron chi connectivity index (χ0n) is 10.9. The Morgan fingerprint density at radius 2 is 2.05 bits per heavy atom. The maximum atomic E-state index is 12.6. The SMILES string of the molecule is Cc1c(C(=O)S)sc2[nH]c(=O)n(C3(C(O)O)CC3)c(=O)c12. The van der Waals surface area contributed by atoms with Gasteiger partial charge >= 0.3 is 5.69 Å². The minimum atomic E-state index is -1.79. The summed E-state index contributed by atoms with van der Waals surface area (Å²) in [5.41, 5.74) is -2.15. The van der Waals surface area contributed by atoms with Crippen LogP contribution in [-0.2, 0) is 5.54 Å². The van der Waals surface area contributed by atoms with Crippen molar-refractivity contribution < 1.29 is 15.0 Å². The molecule has 1 aliphatic rings. The summed E-state index contributed by atoms with van der Waals surface area (Å²) in [4.78, 5) is 39.3. The zero-order valence-corrected chi connectivity index (χ0v) is 12.6. The first-order valence-electron chi connectivity index (χ1n) is 6.18. The topological polar surface area (TPSA) is 112 Å². The molecule has 0 radical (unpaired) electrons. The Kier molecular flexibility index (Phi) is 3.14. The molecule has 0 bridgehead atoms. The van der Waals surface area contributed by atoms with Gasteiger partial charge in [0.25, 0.3) is 5.56 Å². The van der Waals surface area contributed by atoms with Gasteiger partial charge in [-0.2, -0.15) is 0 Å². The highest BCUT2D eigenvalue weighted by Gasteiger charge is 2.52. The number of thiol groups is 1. The van der Waals surface area contributed by atoms with Crippen LogP contribution >= 0.6 is 24.0 Å². The maximum absolute atomic E-state index is 12.6. The van der Waals surface area contributed by atoms with Gasteiger partial charge in [0, 0.05) is 0 Å². The van der Waals surface area contributed by atoms with E-state index in [0.29, 0.717) is 23.2 Å². The molecule has 2 aromatic rings. The number of hydrogen-bond donors (Lipinski definition) is 4. The third-order valence-corrected chi connectivity index (χ3v) is 5.45. The Labute approximate surface area is 127 Å². The number of aryl methyl sites for hydroxylation is 1. The molecule has 0 saturated heterocycles. The van der Waals surface area contributed by atoms with E-state index in [-0.39, 0.29) is 10.3 Å². The first-order valence-corrected chi connectivity index (χ1v) is 7.44. The second-order valence-corrected chi connectivity index (χ2v) is 6.54. The van der Waals surface area contributed by atoms with Crippen molar-refractivity contribution in [1.82, 2.24) is 9.55 Å². The van der Waals surface area contributed by atoms with Crippen molar-refractivity contribution in [3.05, 3.63) is 31.3 Å². The highest BCUT2D eigenvalue weighted by molar-refractivity contribution is 7.97. The highest BCUT2D eigenvalue weighted by atomic mass is 32.1. The predicted molar refractivity (Wildman–Crippen MR) is 80.2 cm³/mol. The van der Waals surface area contributed by atoms with E-state index >= 15 is 0 Å². The first-order chi connectivity index (χ1) is 9.79. The largest absolute Gasteiger partial charge is 0.366 e. The van der Waals surface area contributed by atoms with Crippen LogP contribution in [-0.4, -0.2) is 31.2 Å². The number of aromatic nitrogens is 2. The van der Waals surface area contributed by atoms with Gasteiger partial charge in [0.2, 0.25) is 5.12 Å². The van der Waals surface area contributed by atoms with E-state index < -0.39 is 28.2 Å². The molecule has 9 heteroatoms. The summed E-state index contributed by atoms with van der Waals surface area (Å²) >= 11 is 4.74. The van der Waals surface area contributed by atoms with Crippen LogP contribution in [0.15, 0.2) is 9.59 Å². The molecule has 1 saturated carbocycles. The molecule has 7 nitrogen and oxygen atoms in total. The third kappa shape index (κ3) is 1.92. The molecular weight excluding hydrogens is 316 g/mol. The summed E-state index contributed by atoms with van der Waals surface area (Å²) in [7, 11) is 0. The molecule has 1 fully saturated rings. The molecule has 0 amide bonds. The van der Waals surface area contributed by atoms with Crippen molar-refractivity contribution in [3.63, 3.8) is 0 Å². The van der Waals surface area contributed by atoms with Gasteiger partial charge in [-0.15, -0.1) is 11.3 Å². The smallest absolute Gasteiger partial charge is 0.330 e. The van der Waals surface area contributed by atoms with Crippen molar-refractivity contribution in [2.75, 3.05) is 0 Å². The van der Waals surface area contributed by atoms with Crippen LogP contribution in [0.5, 0.6) is 0 Å². The van der Waals surface area contributed by atoms with E-state index in [1.165, 1.54) is 0 Å². The second kappa shape index (κ2) is 4.54. The molecule has 112 valence electrons. The normalized spacial score (nSPS) is 16.6. The molecule has 0 atom stereocenters. The fourth-order valence-corrected chi connectivity index (χ4v) is 3.88. The van der Waals surface area contributed by atoms with E-state index in [0.717, 1.165) is 15.9 Å². The summed E-state index contributed by atoms with van der Waals surface area (Å²) < 4.78 is 0.854. The van der Waals surface area contributed by atoms with Crippen molar-refractivity contribution in [2.45, 2.75) is 31.6 Å². The van der Waals surface area contributed by atoms with Crippen LogP contribution in [0, 0.1) is 6.92 Å². The minimum absolute atomic E-state index is 0.212. The quantitative estimate of drug-likeness (QED) is 0.465. The van der Waals surface area contributed by atoms with Gasteiger partial charge in [-0.05, 0) is 25.3 Å². The summed E-state index contributed by atoms with van der Waals surface area (Å²) in [6, 6.07) is 0. The van der Waals surface area contributed by atoms with Crippen LogP contribution in [0.1, 0.15) is 28.1 Å². The Morgan fingerprint density at radius 3 is 2.52 bits per heavy atom. The first kappa shape index (κ1) is 14.5. The lowest BCUT2D eigenvalue weighted by Gasteiger charge is -2.19. The van der Waals surface area contributed by atoms with Crippen molar-refractivity contribution in [1.29, 1.82) is 0 Å². The number of aromatic amines is 1. The number of nitrogens with one attached hydrogen (secondary N) is 1. The lowest BCUT2D eigenvalue weighted by molar-refractivity contribution is -0.0912. The number of nitrogens with zero attached hydrogens (tertiary/aromatic N) is 1. The van der Waals surface area contributed by atoms with Gasteiger partial charge in [0.15, 0.2) is 6.29 Å². The fraction of sp³-hybridized carbons (Fsp3) is 0.417. The van der Waals surface area contributed by atoms with Crippen LogP contribution in [0.4, 0.5) is 0 Å². The van der Waals surface area contributed by atoms with Crippen LogP contribution < -0.4 is 11.2 Å². The Balaban J connectivity index is 2.40. The van der Waals surface area contributed by atoms with Gasteiger partial charge in [0.05, 0.1) is 10.3 Å². The number of carbonyl (C=O) groups is 1. The number of carbonyl (C=O) groups excluding carboxylic acids is 1. The molecule has 3 N–H and O–H groups in total. The van der Waals surface area contributed by atoms with Gasteiger partial charge in [-0.25, -0.2) is 9.36 Å². The molecule has 3 rings (SSSR count). The van der Waals surface area contributed by atoms with Gasteiger partial charge in [-0.1, -0.05) is 12.6 Å². The summed E-state index contributed by atoms with van der Waals surface area (Å²) in [6.07, 6.45) is -1.12. The second-order valence-electron chi connectivity index (χ2n) is 5.11. The maximum Gasteiger partial charge on any atom is 0.330 e. The molecule has 0 spiro atoms. The van der Waals surface area contributed by atoms with E-state index in [1.807, 2.05) is 0 Å². The Morgan fingerprint density at radius 1 is 1.43 bits per heavy atom. The lowest BCUT2D eigenvalue weighted by Crippen LogP contribution is -2.47. The minimum Gasteiger partial charge on any atom is -0.366 e. The monoisotopic (exact) mass is 328 g/mol. The number of thiophene rings is 1. The van der Waals surface area contributed by atoms with E-state index in [2.05, 4.69) is 17.6 Å². The zero-order chi connectivity index (χ0) is 15.5. The standard InChI is InChI=1S/C12H12N2O5S2/c1-4-5-7(21-6(4)9(16)20)13-11(19)14(8(5)15)12(2-3-12)10(17)18/h10,17-18H,2-3H2,1H3,(H,13,19)(H,16,20). The highest BCUT2D eigenvalue weighted by Crippen LogP contribution is 2.44. The van der Waals surface area contributed by atoms with Gasteiger partial charge < -0.3 is 10.2 Å². The molecule has 2 aromatic heterocycles. The number of H-pyrrole nitrogens is 1. The van der Waals surface area contributed by atoms with Crippen LogP contribution in [0.3, 0.4) is 0 Å². The molecule has 1 aliphatic carbocycles. The number of rotatable bonds is 3. The predicted octanol–water partition coefficient (Wildman–Crippen LogP) is -0.0705. The Bertz CT molecular complexity index is 872. The van der Waals surface area contributed by atoms with Gasteiger partial charge in [0.1, 0.15) is 10.4 Å². The molecular formula is C12H12N2O5S2. The van der Waals surface area contributed by atoms with E-state index in [1.54, 1.807) is 6.92 Å². The molecule has 0 unspecified atom stereocenters. The number of aliphatic hydroxyl groups is 2. The molecule has 2 heterocycles. The molecule has 0 aliphatic heterocycles. The average molecular weight is 328 g/mol. The average Bonchev–Trinajstić information content (AvgIpc) is 3.09. The third-order valence-electron chi connectivity index (χ3n) is 3.87. The fourth-order valence-electron chi connectivity index (χ4n) is 2.55. The Hall–Kier alpha value is -1.42. The van der Waals surface area contributed by atoms with Gasteiger partial charge in [-0.3, -0.25) is 14.6 Å². The molecule has 0 aromatic carbocycles. The number of aliphatic hydroxyl groups excluding tert-OH is 1. The van der Waals surface area contributed by atoms with Crippen molar-refractivity contribution >= 4 is 39.3 Å². The molecule has 21 heavy (non-hydrogen) atoms. The summed E-state index contributed by atoms with van der Waals surface area (Å²) in [5.74, 6) is 0. The number of hydrogen-bond acceptors (Lipinski definition) is 6. The van der Waals surface area contributed by atoms with Crippen molar-refractivity contribution in [3.8, 4) is 0 Å². The van der Waals surface area contributed by atoms with Crippen molar-refractivity contribution in [2.24, 2.45) is 0 Å². The van der Waals surface area contributed by atoms with E-state index in [9.17, 15) is 24.6 Å². The summed E-state index contributed by atoms with van der Waals surface area (Å²) in [5, 5.41) is 18.6. The van der Waals surface area contributed by atoms with Crippen LogP contribution in [0.2, 0.25) is 0 Å². The number of fused-ring (bicyclic) bond motifs is 1.